The second-order valence-electron chi connectivity index (χ2n) is 7.26. The molecule has 0 radical (unpaired) electrons. The van der Waals surface area contributed by atoms with Crippen molar-refractivity contribution >= 4 is 28.4 Å². The fourth-order valence-corrected chi connectivity index (χ4v) is 4.33. The van der Waals surface area contributed by atoms with Crippen molar-refractivity contribution in [2.75, 3.05) is 18.4 Å². The number of anilines is 1. The molecule has 2 N–H and O–H groups in total. The summed E-state index contributed by atoms with van der Waals surface area (Å²) in [5.41, 5.74) is 1.83. The molecule has 2 aromatic rings. The fraction of sp³-hybridized carbons (Fsp3) is 0.500. The van der Waals surface area contributed by atoms with E-state index in [0.29, 0.717) is 0 Å². The zero-order valence-electron chi connectivity index (χ0n) is 14.5. The molecule has 2 heterocycles. The predicted octanol–water partition coefficient (Wildman–Crippen LogP) is 3.54. The van der Waals surface area contributed by atoms with Crippen LogP contribution in [-0.4, -0.2) is 34.8 Å². The summed E-state index contributed by atoms with van der Waals surface area (Å²) in [5.74, 6) is -0.184. The zero-order chi connectivity index (χ0) is 17.2. The van der Waals surface area contributed by atoms with Gasteiger partial charge in [0.05, 0.1) is 5.69 Å². The number of H-pyrrole nitrogens is 1. The first-order valence-corrected chi connectivity index (χ1v) is 9.40. The summed E-state index contributed by atoms with van der Waals surface area (Å²) in [6, 6.07) is 7.82. The van der Waals surface area contributed by atoms with Gasteiger partial charge in [-0.15, -0.1) is 0 Å². The third-order valence-corrected chi connectivity index (χ3v) is 5.69. The Morgan fingerprint density at radius 2 is 1.76 bits per heavy atom. The molecule has 5 nitrogen and oxygen atoms in total. The van der Waals surface area contributed by atoms with Gasteiger partial charge < -0.3 is 15.2 Å². The summed E-state index contributed by atoms with van der Waals surface area (Å²) in [6.45, 7) is 1.71. The largest absolute Gasteiger partial charge is 0.361 e. The standard InChI is InChI=1S/C20H25N3O2/c24-19(22-18-9-5-8-17-16(18)10-11-21-17)14-6-1-2-7-15(14)20(25)23-12-3-4-13-23/h5,8-11,14-15,21H,1-4,6-7,12-13H2,(H,22,24)/t14-,15-/m0/s1. The van der Waals surface area contributed by atoms with Gasteiger partial charge in [-0.25, -0.2) is 0 Å². The highest BCUT2D eigenvalue weighted by molar-refractivity contribution is 6.03. The maximum Gasteiger partial charge on any atom is 0.228 e. The Labute approximate surface area is 147 Å². The van der Waals surface area contributed by atoms with Crippen LogP contribution < -0.4 is 5.32 Å². The molecule has 4 rings (SSSR count). The van der Waals surface area contributed by atoms with Crippen LogP contribution in [0.5, 0.6) is 0 Å². The van der Waals surface area contributed by atoms with Crippen LogP contribution in [0.25, 0.3) is 10.9 Å². The van der Waals surface area contributed by atoms with Gasteiger partial charge in [0.2, 0.25) is 11.8 Å². The Morgan fingerprint density at radius 3 is 2.56 bits per heavy atom. The van der Waals surface area contributed by atoms with Gasteiger partial charge in [-0.3, -0.25) is 9.59 Å². The van der Waals surface area contributed by atoms with E-state index >= 15 is 0 Å². The number of amides is 2. The lowest BCUT2D eigenvalue weighted by atomic mass is 9.77. The number of hydrogen-bond donors (Lipinski definition) is 2. The molecule has 25 heavy (non-hydrogen) atoms. The molecule has 0 spiro atoms. The second-order valence-corrected chi connectivity index (χ2v) is 7.26. The number of aromatic nitrogens is 1. The van der Waals surface area contributed by atoms with Crippen LogP contribution in [0.2, 0.25) is 0 Å². The second kappa shape index (κ2) is 6.90. The predicted molar refractivity (Wildman–Crippen MR) is 98.2 cm³/mol. The number of nitrogens with one attached hydrogen (secondary N) is 2. The first-order chi connectivity index (χ1) is 12.2. The molecule has 2 amide bonds. The van der Waals surface area contributed by atoms with Gasteiger partial charge in [0, 0.05) is 42.0 Å². The van der Waals surface area contributed by atoms with E-state index in [2.05, 4.69) is 10.3 Å². The summed E-state index contributed by atoms with van der Waals surface area (Å²) in [5, 5.41) is 4.09. The highest BCUT2D eigenvalue weighted by atomic mass is 16.2. The summed E-state index contributed by atoms with van der Waals surface area (Å²) in [7, 11) is 0. The Kier molecular flexibility index (Phi) is 4.47. The van der Waals surface area contributed by atoms with Crippen molar-refractivity contribution in [2.45, 2.75) is 38.5 Å². The Balaban J connectivity index is 1.52. The lowest BCUT2D eigenvalue weighted by Crippen LogP contribution is -2.42. The molecule has 2 fully saturated rings. The van der Waals surface area contributed by atoms with Crippen molar-refractivity contribution in [3.63, 3.8) is 0 Å². The van der Waals surface area contributed by atoms with Crippen molar-refractivity contribution in [3.8, 4) is 0 Å². The van der Waals surface area contributed by atoms with Crippen LogP contribution >= 0.6 is 0 Å². The maximum atomic E-state index is 13.0. The van der Waals surface area contributed by atoms with Crippen molar-refractivity contribution in [1.29, 1.82) is 0 Å². The third-order valence-electron chi connectivity index (χ3n) is 5.69. The molecule has 5 heteroatoms. The van der Waals surface area contributed by atoms with E-state index in [1.165, 1.54) is 0 Å². The normalized spacial score (nSPS) is 23.8. The number of nitrogens with zero attached hydrogens (tertiary/aromatic N) is 1. The smallest absolute Gasteiger partial charge is 0.228 e. The first kappa shape index (κ1) is 16.2. The van der Waals surface area contributed by atoms with Gasteiger partial charge in [0.25, 0.3) is 0 Å². The SMILES string of the molecule is O=C(Nc1cccc2[nH]ccc12)[C@H]1CCCC[C@@H]1C(=O)N1CCCC1. The monoisotopic (exact) mass is 339 g/mol. The van der Waals surface area contributed by atoms with Crippen LogP contribution in [0, 0.1) is 11.8 Å². The van der Waals surface area contributed by atoms with Gasteiger partial charge in [-0.2, -0.15) is 0 Å². The number of hydrogen-bond acceptors (Lipinski definition) is 2. The molecule has 1 aromatic heterocycles. The minimum atomic E-state index is -0.212. The molecule has 1 saturated heterocycles. The molecule has 2 atom stereocenters. The van der Waals surface area contributed by atoms with Crippen molar-refractivity contribution in [3.05, 3.63) is 30.5 Å². The van der Waals surface area contributed by atoms with E-state index in [1.807, 2.05) is 35.4 Å². The third kappa shape index (κ3) is 3.15. The number of aromatic amines is 1. The fourth-order valence-electron chi connectivity index (χ4n) is 4.33. The van der Waals surface area contributed by atoms with Gasteiger partial charge in [0.15, 0.2) is 0 Å². The van der Waals surface area contributed by atoms with Crippen LogP contribution in [0.4, 0.5) is 5.69 Å². The minimum Gasteiger partial charge on any atom is -0.361 e. The van der Waals surface area contributed by atoms with Crippen LogP contribution in [0.1, 0.15) is 38.5 Å². The molecular formula is C20H25N3O2. The number of carbonyl (C=O) groups excluding carboxylic acids is 2. The topological polar surface area (TPSA) is 65.2 Å². The van der Waals surface area contributed by atoms with E-state index < -0.39 is 0 Å². The average Bonchev–Trinajstić information content (AvgIpc) is 3.33. The van der Waals surface area contributed by atoms with E-state index in [1.54, 1.807) is 0 Å². The average molecular weight is 339 g/mol. The molecule has 1 aliphatic carbocycles. The van der Waals surface area contributed by atoms with E-state index in [0.717, 1.165) is 68.2 Å². The molecule has 0 bridgehead atoms. The van der Waals surface area contributed by atoms with E-state index in [4.69, 9.17) is 0 Å². The number of fused-ring (bicyclic) bond motifs is 1. The van der Waals surface area contributed by atoms with E-state index in [-0.39, 0.29) is 23.7 Å². The van der Waals surface area contributed by atoms with Gasteiger partial charge in [0.1, 0.15) is 0 Å². The Morgan fingerprint density at radius 1 is 1.00 bits per heavy atom. The molecule has 0 unspecified atom stereocenters. The van der Waals surface area contributed by atoms with Crippen molar-refractivity contribution in [1.82, 2.24) is 9.88 Å². The van der Waals surface area contributed by atoms with Gasteiger partial charge in [-0.1, -0.05) is 18.9 Å². The van der Waals surface area contributed by atoms with E-state index in [9.17, 15) is 9.59 Å². The van der Waals surface area contributed by atoms with Crippen LogP contribution in [0.3, 0.4) is 0 Å². The minimum absolute atomic E-state index is 0.00838. The lowest BCUT2D eigenvalue weighted by molar-refractivity contribution is -0.141. The quantitative estimate of drug-likeness (QED) is 0.898. The highest BCUT2D eigenvalue weighted by Crippen LogP contribution is 2.34. The summed E-state index contributed by atoms with van der Waals surface area (Å²) < 4.78 is 0. The van der Waals surface area contributed by atoms with Crippen LogP contribution in [0.15, 0.2) is 30.5 Å². The molecular weight excluding hydrogens is 314 g/mol. The summed E-state index contributed by atoms with van der Waals surface area (Å²) >= 11 is 0. The molecule has 2 aliphatic rings. The first-order valence-electron chi connectivity index (χ1n) is 9.40. The zero-order valence-corrected chi connectivity index (χ0v) is 14.5. The summed E-state index contributed by atoms with van der Waals surface area (Å²) in [6.07, 6.45) is 7.76. The number of likely N-dealkylation sites (tertiary alicyclic amines) is 1. The Bertz CT molecular complexity index is 776. The maximum absolute atomic E-state index is 13.0. The lowest BCUT2D eigenvalue weighted by Gasteiger charge is -2.32. The molecule has 1 aromatic carbocycles. The number of carbonyl (C=O) groups is 2. The summed E-state index contributed by atoms with van der Waals surface area (Å²) in [4.78, 5) is 31.0. The van der Waals surface area contributed by atoms with Crippen molar-refractivity contribution in [2.24, 2.45) is 11.8 Å². The highest BCUT2D eigenvalue weighted by Gasteiger charge is 2.38. The van der Waals surface area contributed by atoms with Gasteiger partial charge in [-0.05, 0) is 43.9 Å². The van der Waals surface area contributed by atoms with Gasteiger partial charge >= 0.3 is 0 Å². The molecule has 1 saturated carbocycles. The Hall–Kier alpha value is -2.30. The molecule has 1 aliphatic heterocycles. The van der Waals surface area contributed by atoms with Crippen molar-refractivity contribution < 1.29 is 9.59 Å². The number of rotatable bonds is 3. The molecule has 132 valence electrons. The number of benzene rings is 1. The van der Waals surface area contributed by atoms with Crippen LogP contribution in [-0.2, 0) is 9.59 Å².